The van der Waals surface area contributed by atoms with E-state index in [1.54, 1.807) is 5.32 Å². The number of aromatic nitrogens is 2. The molecule has 0 saturated carbocycles. The summed E-state index contributed by atoms with van der Waals surface area (Å²) in [4.78, 5) is 17.0. The molecular weight excluding hydrogens is 296 g/mol. The minimum atomic E-state index is -3.17. The van der Waals surface area contributed by atoms with Crippen LogP contribution in [0.3, 0.4) is 0 Å². The van der Waals surface area contributed by atoms with Crippen LogP contribution in [0, 0.1) is 0 Å². The average Bonchev–Trinajstić information content (AvgIpc) is 2.26. The first-order valence-electron chi connectivity index (χ1n) is 4.37. The Balaban J connectivity index is 3.13. The number of carbonyl (C=O) groups excluding carboxylic acids is 1. The second kappa shape index (κ2) is 6.17. The summed E-state index contributed by atoms with van der Waals surface area (Å²) in [5.41, 5.74) is -2.08. The van der Waals surface area contributed by atoms with E-state index in [2.05, 4.69) is 14.3 Å². The van der Waals surface area contributed by atoms with Gasteiger partial charge in [-0.3, -0.25) is 5.32 Å². The van der Waals surface area contributed by atoms with E-state index in [-0.39, 0.29) is 0 Å². The predicted octanol–water partition coefficient (Wildman–Crippen LogP) is 1.95. The van der Waals surface area contributed by atoms with Crippen LogP contribution in [-0.2, 0) is 10.5 Å². The molecule has 19 heavy (non-hydrogen) atoms. The number of alkyl halides is 4. The minimum Gasteiger partial charge on any atom is -0.273 e. The van der Waals surface area contributed by atoms with E-state index in [0.29, 0.717) is 6.07 Å². The lowest BCUT2D eigenvalue weighted by Gasteiger charge is -2.06. The lowest BCUT2D eigenvalue weighted by molar-refractivity contribution is 0.137. The van der Waals surface area contributed by atoms with Gasteiger partial charge in [0.25, 0.3) is 12.9 Å². The second-order valence-corrected chi connectivity index (χ2v) is 3.50. The van der Waals surface area contributed by atoms with Crippen LogP contribution in [0.4, 0.5) is 28.3 Å². The smallest absolute Gasteiger partial charge is 0.273 e. The monoisotopic (exact) mass is 300 g/mol. The summed E-state index contributed by atoms with van der Waals surface area (Å²) < 4.78 is 72.0. The number of amides is 2. The molecule has 0 radical (unpaired) electrons. The molecule has 1 aromatic rings. The van der Waals surface area contributed by atoms with Gasteiger partial charge in [-0.25, -0.2) is 32.3 Å². The number of urea groups is 1. The number of nitrogens with one attached hydrogen (secondary N) is 1. The third kappa shape index (κ3) is 4.57. The van der Waals surface area contributed by atoms with Crippen molar-refractivity contribution in [1.82, 2.24) is 9.97 Å². The van der Waals surface area contributed by atoms with Crippen LogP contribution in [0.15, 0.2) is 10.4 Å². The van der Waals surface area contributed by atoms with Gasteiger partial charge in [0.2, 0.25) is 5.95 Å². The standard InChI is InChI=1S/C7H4F4N4O3S/c8-4(9)2-1-3(5(10)11)13-6(12-2)14-7(16)15-19(17)18/h1,4-5H,(H,12,13,14,16). The number of hydrogen-bond acceptors (Lipinski definition) is 5. The summed E-state index contributed by atoms with van der Waals surface area (Å²) >= 11 is 0. The highest BCUT2D eigenvalue weighted by molar-refractivity contribution is 7.62. The molecule has 0 fully saturated rings. The second-order valence-electron chi connectivity index (χ2n) is 2.88. The molecule has 12 heteroatoms. The predicted molar refractivity (Wildman–Crippen MR) is 52.3 cm³/mol. The molecule has 0 saturated heterocycles. The number of anilines is 1. The number of rotatable bonds is 3. The Labute approximate surface area is 104 Å². The van der Waals surface area contributed by atoms with Crippen LogP contribution >= 0.6 is 0 Å². The van der Waals surface area contributed by atoms with Gasteiger partial charge >= 0.3 is 16.5 Å². The van der Waals surface area contributed by atoms with E-state index in [1.807, 2.05) is 0 Å². The maximum Gasteiger partial charge on any atom is 0.362 e. The van der Waals surface area contributed by atoms with Crippen molar-refractivity contribution in [3.63, 3.8) is 0 Å². The largest absolute Gasteiger partial charge is 0.362 e. The summed E-state index contributed by atoms with van der Waals surface area (Å²) in [7, 11) is -3.09. The van der Waals surface area contributed by atoms with Crippen molar-refractivity contribution in [3.8, 4) is 0 Å². The van der Waals surface area contributed by atoms with Gasteiger partial charge in [-0.2, -0.15) is 8.42 Å². The molecule has 1 heterocycles. The zero-order chi connectivity index (χ0) is 14.6. The van der Waals surface area contributed by atoms with Crippen LogP contribution in [0.2, 0.25) is 0 Å². The summed E-state index contributed by atoms with van der Waals surface area (Å²) in [6, 6.07) is -1.13. The van der Waals surface area contributed by atoms with Gasteiger partial charge in [-0.05, 0) is 6.07 Å². The Morgan fingerprint density at radius 2 is 1.63 bits per heavy atom. The molecule has 0 spiro atoms. The van der Waals surface area contributed by atoms with Crippen molar-refractivity contribution < 1.29 is 30.8 Å². The molecule has 1 N–H and O–H groups in total. The quantitative estimate of drug-likeness (QED) is 0.860. The zero-order valence-corrected chi connectivity index (χ0v) is 9.54. The molecule has 104 valence electrons. The van der Waals surface area contributed by atoms with Crippen LogP contribution in [0.5, 0.6) is 0 Å². The van der Waals surface area contributed by atoms with Gasteiger partial charge < -0.3 is 0 Å². The molecular formula is C7H4F4N4O3S. The molecule has 2 amide bonds. The number of hydrogen-bond donors (Lipinski definition) is 1. The van der Waals surface area contributed by atoms with E-state index in [1.165, 1.54) is 0 Å². The van der Waals surface area contributed by atoms with E-state index in [9.17, 15) is 30.8 Å². The van der Waals surface area contributed by atoms with Crippen molar-refractivity contribution in [2.45, 2.75) is 12.9 Å². The molecule has 0 aliphatic rings. The molecule has 0 atom stereocenters. The van der Waals surface area contributed by atoms with Crippen LogP contribution in [0.1, 0.15) is 24.2 Å². The van der Waals surface area contributed by atoms with Crippen LogP contribution in [-0.4, -0.2) is 24.4 Å². The summed E-state index contributed by atoms with van der Waals surface area (Å²) in [6.45, 7) is 0. The van der Waals surface area contributed by atoms with Gasteiger partial charge in [0.15, 0.2) is 0 Å². The third-order valence-corrected chi connectivity index (χ3v) is 1.90. The maximum absolute atomic E-state index is 12.4. The zero-order valence-electron chi connectivity index (χ0n) is 8.72. The van der Waals surface area contributed by atoms with E-state index in [4.69, 9.17) is 0 Å². The summed E-state index contributed by atoms with van der Waals surface area (Å²) in [5.74, 6) is -0.896. The Bertz CT molecular complexity index is 585. The Hall–Kier alpha value is -2.11. The number of carbonyl (C=O) groups is 1. The SMILES string of the molecule is O=C(N=S(=O)=O)Nc1nc(C(F)F)cc(C(F)F)n1. The normalized spacial score (nSPS) is 10.6. The van der Waals surface area contributed by atoms with Crippen molar-refractivity contribution in [3.05, 3.63) is 17.5 Å². The first-order valence-corrected chi connectivity index (χ1v) is 5.40. The van der Waals surface area contributed by atoms with Crippen molar-refractivity contribution in [2.75, 3.05) is 5.32 Å². The van der Waals surface area contributed by atoms with Crippen LogP contribution < -0.4 is 5.32 Å². The summed E-state index contributed by atoms with van der Waals surface area (Å²) in [5, 5.41) is 1.58. The fraction of sp³-hybridized carbons (Fsp3) is 0.286. The Morgan fingerprint density at radius 1 is 1.16 bits per heavy atom. The highest BCUT2D eigenvalue weighted by atomic mass is 32.2. The highest BCUT2D eigenvalue weighted by Gasteiger charge is 2.18. The van der Waals surface area contributed by atoms with E-state index < -0.39 is 46.7 Å². The van der Waals surface area contributed by atoms with Crippen LogP contribution in [0.25, 0.3) is 0 Å². The van der Waals surface area contributed by atoms with Crippen molar-refractivity contribution in [2.24, 2.45) is 4.36 Å². The molecule has 0 unspecified atom stereocenters. The fourth-order valence-electron chi connectivity index (χ4n) is 0.951. The molecule has 0 aromatic carbocycles. The fourth-order valence-corrected chi connectivity index (χ4v) is 1.13. The van der Waals surface area contributed by atoms with Gasteiger partial charge in [0, 0.05) is 0 Å². The van der Waals surface area contributed by atoms with Gasteiger partial charge in [0.05, 0.1) is 0 Å². The minimum absolute atomic E-state index is 0.369. The first-order chi connectivity index (χ1) is 8.79. The topological polar surface area (TPSA) is 101 Å². The molecule has 1 rings (SSSR count). The van der Waals surface area contributed by atoms with Crippen molar-refractivity contribution in [1.29, 1.82) is 0 Å². The lowest BCUT2D eigenvalue weighted by atomic mass is 10.3. The highest BCUT2D eigenvalue weighted by Crippen LogP contribution is 2.23. The Kier molecular flexibility index (Phi) is 4.86. The first kappa shape index (κ1) is 14.9. The molecule has 0 aliphatic heterocycles. The van der Waals surface area contributed by atoms with Gasteiger partial charge in [-0.1, -0.05) is 4.36 Å². The molecule has 1 aromatic heterocycles. The van der Waals surface area contributed by atoms with Gasteiger partial charge in [0.1, 0.15) is 11.4 Å². The van der Waals surface area contributed by atoms with Crippen molar-refractivity contribution >= 4 is 22.5 Å². The maximum atomic E-state index is 12.4. The molecule has 7 nitrogen and oxygen atoms in total. The molecule has 0 aliphatic carbocycles. The Morgan fingerprint density at radius 3 is 2.00 bits per heavy atom. The summed E-state index contributed by atoms with van der Waals surface area (Å²) in [6.07, 6.45) is -6.33. The van der Waals surface area contributed by atoms with E-state index >= 15 is 0 Å². The number of nitrogens with zero attached hydrogens (tertiary/aromatic N) is 3. The lowest BCUT2D eigenvalue weighted by Crippen LogP contribution is -2.12. The average molecular weight is 300 g/mol. The third-order valence-electron chi connectivity index (χ3n) is 1.59. The van der Waals surface area contributed by atoms with Gasteiger partial charge in [-0.15, -0.1) is 0 Å². The molecule has 0 bridgehead atoms. The van der Waals surface area contributed by atoms with E-state index in [0.717, 1.165) is 0 Å². The number of halogens is 4.